The molecule has 2 aromatic rings. The molecule has 2 aromatic carbocycles. The molecule has 0 spiro atoms. The first kappa shape index (κ1) is 14.6. The van der Waals surface area contributed by atoms with Gasteiger partial charge in [-0.25, -0.2) is 0 Å². The van der Waals surface area contributed by atoms with Crippen molar-refractivity contribution in [2.24, 2.45) is 4.40 Å². The number of nitrogens with one attached hydrogen (secondary N) is 1. The van der Waals surface area contributed by atoms with Gasteiger partial charge in [0.2, 0.25) is 0 Å². The highest BCUT2D eigenvalue weighted by Gasteiger charge is 2.24. The van der Waals surface area contributed by atoms with Gasteiger partial charge in [-0.3, -0.25) is 0 Å². The van der Waals surface area contributed by atoms with Gasteiger partial charge in [0.05, 0.1) is 17.3 Å². The van der Waals surface area contributed by atoms with Crippen LogP contribution in [0.2, 0.25) is 0 Å². The Morgan fingerprint density at radius 3 is 2.59 bits per heavy atom. The van der Waals surface area contributed by atoms with Crippen molar-refractivity contribution >= 4 is 32.6 Å². The number of benzene rings is 2. The summed E-state index contributed by atoms with van der Waals surface area (Å²) in [6.45, 7) is 0. The number of amidine groups is 1. The van der Waals surface area contributed by atoms with Crippen LogP contribution in [-0.2, 0) is 15.8 Å². The maximum Gasteiger partial charge on any atom is 0.286 e. The van der Waals surface area contributed by atoms with Crippen molar-refractivity contribution in [1.29, 1.82) is 5.26 Å². The molecule has 22 heavy (non-hydrogen) atoms. The van der Waals surface area contributed by atoms with Crippen LogP contribution < -0.4 is 5.32 Å². The molecule has 0 radical (unpaired) electrons. The summed E-state index contributed by atoms with van der Waals surface area (Å²) in [5.74, 6) is 0.565. The maximum atomic E-state index is 12.1. The van der Waals surface area contributed by atoms with Crippen LogP contribution in [0.25, 0.3) is 0 Å². The molecule has 0 saturated heterocycles. The van der Waals surface area contributed by atoms with Crippen LogP contribution in [0, 0.1) is 11.3 Å². The Hall–Kier alpha value is -2.30. The van der Waals surface area contributed by atoms with E-state index in [1.807, 2.05) is 12.1 Å². The zero-order valence-corrected chi connectivity index (χ0v) is 13.0. The number of hydrogen-bond acceptors (Lipinski definition) is 5. The van der Waals surface area contributed by atoms with E-state index in [-0.39, 0.29) is 4.90 Å². The summed E-state index contributed by atoms with van der Waals surface area (Å²) in [5.41, 5.74) is 2.13. The topological polar surface area (TPSA) is 82.3 Å². The molecule has 0 aliphatic carbocycles. The van der Waals surface area contributed by atoms with Crippen LogP contribution in [0.1, 0.15) is 11.1 Å². The van der Waals surface area contributed by atoms with Crippen molar-refractivity contribution in [2.75, 3.05) is 5.32 Å². The molecule has 5 nitrogen and oxygen atoms in total. The van der Waals surface area contributed by atoms with Crippen LogP contribution in [0.3, 0.4) is 0 Å². The molecule has 0 fully saturated rings. The predicted octanol–water partition coefficient (Wildman–Crippen LogP) is 2.96. The Morgan fingerprint density at radius 2 is 1.86 bits per heavy atom. The Labute approximate surface area is 132 Å². The second kappa shape index (κ2) is 5.83. The van der Waals surface area contributed by atoms with Gasteiger partial charge in [-0.15, -0.1) is 4.40 Å². The fraction of sp³-hybridized carbons (Fsp3) is 0.0667. The second-order valence-corrected chi connectivity index (χ2v) is 7.13. The minimum absolute atomic E-state index is 0.192. The van der Waals surface area contributed by atoms with Crippen LogP contribution >= 0.6 is 11.8 Å². The number of fused-ring (bicyclic) bond motifs is 1. The SMILES string of the molecule is N#Cc1ccc(CSC2=NS(=O)(=O)c3ccccc3N2)cc1. The largest absolute Gasteiger partial charge is 0.333 e. The smallest absolute Gasteiger partial charge is 0.286 e. The van der Waals surface area contributed by atoms with Gasteiger partial charge < -0.3 is 5.32 Å². The van der Waals surface area contributed by atoms with E-state index in [1.54, 1.807) is 30.3 Å². The maximum absolute atomic E-state index is 12.1. The van der Waals surface area contributed by atoms with E-state index < -0.39 is 10.0 Å². The summed E-state index contributed by atoms with van der Waals surface area (Å²) < 4.78 is 28.0. The number of thioether (sulfide) groups is 1. The van der Waals surface area contributed by atoms with Crippen molar-refractivity contribution in [3.05, 3.63) is 59.7 Å². The van der Waals surface area contributed by atoms with E-state index in [2.05, 4.69) is 15.8 Å². The third kappa shape index (κ3) is 2.98. The normalized spacial score (nSPS) is 15.1. The number of nitriles is 1. The van der Waals surface area contributed by atoms with E-state index in [0.29, 0.717) is 22.2 Å². The van der Waals surface area contributed by atoms with E-state index >= 15 is 0 Å². The number of hydrogen-bond donors (Lipinski definition) is 1. The zero-order valence-electron chi connectivity index (χ0n) is 11.4. The molecule has 0 bridgehead atoms. The first-order chi connectivity index (χ1) is 10.6. The number of sulfonamides is 1. The van der Waals surface area contributed by atoms with Gasteiger partial charge in [0, 0.05) is 5.75 Å². The Kier molecular flexibility index (Phi) is 3.88. The van der Waals surface area contributed by atoms with Crippen LogP contribution in [-0.4, -0.2) is 13.6 Å². The lowest BCUT2D eigenvalue weighted by Crippen LogP contribution is -2.18. The molecule has 1 N–H and O–H groups in total. The van der Waals surface area contributed by atoms with Gasteiger partial charge in [-0.1, -0.05) is 36.0 Å². The van der Waals surface area contributed by atoms with Crippen LogP contribution in [0.4, 0.5) is 5.69 Å². The molecular weight excluding hydrogens is 318 g/mol. The molecule has 1 aliphatic heterocycles. The van der Waals surface area contributed by atoms with E-state index in [0.717, 1.165) is 5.56 Å². The molecule has 0 saturated carbocycles. The minimum Gasteiger partial charge on any atom is -0.333 e. The third-order valence-electron chi connectivity index (χ3n) is 3.07. The summed E-state index contributed by atoms with van der Waals surface area (Å²) in [6.07, 6.45) is 0. The van der Waals surface area contributed by atoms with Crippen molar-refractivity contribution in [3.8, 4) is 6.07 Å². The van der Waals surface area contributed by atoms with Gasteiger partial charge in [0.15, 0.2) is 5.17 Å². The van der Waals surface area contributed by atoms with E-state index in [4.69, 9.17) is 5.26 Å². The predicted molar refractivity (Wildman–Crippen MR) is 87.1 cm³/mol. The fourth-order valence-electron chi connectivity index (χ4n) is 1.98. The van der Waals surface area contributed by atoms with Crippen molar-refractivity contribution in [3.63, 3.8) is 0 Å². The number of rotatable bonds is 2. The van der Waals surface area contributed by atoms with Crippen LogP contribution in [0.5, 0.6) is 0 Å². The molecule has 7 heteroatoms. The van der Waals surface area contributed by atoms with Crippen molar-refractivity contribution in [2.45, 2.75) is 10.6 Å². The Morgan fingerprint density at radius 1 is 1.14 bits per heavy atom. The average molecular weight is 329 g/mol. The number of para-hydroxylation sites is 1. The van der Waals surface area contributed by atoms with Gasteiger partial charge >= 0.3 is 0 Å². The first-order valence-corrected chi connectivity index (χ1v) is 8.84. The monoisotopic (exact) mass is 329 g/mol. The molecular formula is C15H11N3O2S2. The summed E-state index contributed by atoms with van der Waals surface area (Å²) in [6, 6.07) is 15.9. The summed E-state index contributed by atoms with van der Waals surface area (Å²) >= 11 is 1.31. The highest BCUT2D eigenvalue weighted by molar-refractivity contribution is 8.14. The fourth-order valence-corrected chi connectivity index (χ4v) is 4.17. The quantitative estimate of drug-likeness (QED) is 0.916. The number of nitrogens with zero attached hydrogens (tertiary/aromatic N) is 2. The van der Waals surface area contributed by atoms with Crippen molar-refractivity contribution < 1.29 is 8.42 Å². The summed E-state index contributed by atoms with van der Waals surface area (Å²) in [5, 5.41) is 12.1. The molecule has 1 aliphatic rings. The molecule has 3 rings (SSSR count). The Balaban J connectivity index is 1.77. The molecule has 0 aromatic heterocycles. The molecule has 0 atom stereocenters. The summed E-state index contributed by atoms with van der Waals surface area (Å²) in [7, 11) is -3.64. The van der Waals surface area contributed by atoms with Gasteiger partial charge in [-0.2, -0.15) is 13.7 Å². The van der Waals surface area contributed by atoms with E-state index in [9.17, 15) is 8.42 Å². The van der Waals surface area contributed by atoms with Gasteiger partial charge in [0.1, 0.15) is 4.90 Å². The lowest BCUT2D eigenvalue weighted by atomic mass is 10.2. The zero-order chi connectivity index (χ0) is 15.6. The Bertz CT molecular complexity index is 882. The first-order valence-electron chi connectivity index (χ1n) is 6.41. The van der Waals surface area contributed by atoms with Crippen LogP contribution in [0.15, 0.2) is 57.8 Å². The lowest BCUT2D eigenvalue weighted by molar-refractivity contribution is 0.598. The second-order valence-electron chi connectivity index (χ2n) is 4.59. The van der Waals surface area contributed by atoms with Gasteiger partial charge in [0.25, 0.3) is 10.0 Å². The van der Waals surface area contributed by atoms with E-state index in [1.165, 1.54) is 17.8 Å². The minimum atomic E-state index is -3.64. The average Bonchev–Trinajstić information content (AvgIpc) is 2.53. The summed E-state index contributed by atoms with van der Waals surface area (Å²) in [4.78, 5) is 0.192. The number of anilines is 1. The molecule has 0 amide bonds. The third-order valence-corrected chi connectivity index (χ3v) is 5.46. The molecule has 1 heterocycles. The molecule has 0 unspecified atom stereocenters. The lowest BCUT2D eigenvalue weighted by Gasteiger charge is -2.17. The highest BCUT2D eigenvalue weighted by Crippen LogP contribution is 2.29. The standard InChI is InChI=1S/C15H11N3O2S2/c16-9-11-5-7-12(8-6-11)10-21-15-17-13-3-1-2-4-14(13)22(19,20)18-15/h1-8H,10H2,(H,17,18). The highest BCUT2D eigenvalue weighted by atomic mass is 32.2. The van der Waals surface area contributed by atoms with Crippen molar-refractivity contribution in [1.82, 2.24) is 0 Å². The van der Waals surface area contributed by atoms with Gasteiger partial charge in [-0.05, 0) is 29.8 Å². The molecule has 110 valence electrons.